The second-order valence-corrected chi connectivity index (χ2v) is 10.2. The quantitative estimate of drug-likeness (QED) is 0.386. The van der Waals surface area contributed by atoms with Gasteiger partial charge in [-0.15, -0.1) is 0 Å². The summed E-state index contributed by atoms with van der Waals surface area (Å²) in [7, 11) is 0. The number of aryl methyl sites for hydroxylation is 1. The third-order valence-electron chi connectivity index (χ3n) is 6.52. The molecule has 3 aromatic heterocycles. The number of aliphatic hydroxyl groups is 1. The number of carboxylic acid groups (broad SMARTS) is 1. The molecule has 0 aliphatic carbocycles. The van der Waals surface area contributed by atoms with Gasteiger partial charge in [-0.2, -0.15) is 10.1 Å². The summed E-state index contributed by atoms with van der Waals surface area (Å²) in [6, 6.07) is 3.58. The lowest BCUT2D eigenvalue weighted by Crippen LogP contribution is -2.59. The SMILES string of the molecule is CCOCCn1nc(CO)c2nc(N3CCN(C(=O)O)C(C(C)(C)C)C3)nc(Nc3cc(C)ccn3)c21. The molecule has 0 aromatic carbocycles. The third-order valence-corrected chi connectivity index (χ3v) is 6.52. The molecule has 0 saturated carbocycles. The molecule has 0 bridgehead atoms. The van der Waals surface area contributed by atoms with E-state index in [1.807, 2.05) is 51.7 Å². The normalized spacial score (nSPS) is 16.4. The first kappa shape index (κ1) is 26.6. The fourth-order valence-corrected chi connectivity index (χ4v) is 4.58. The van der Waals surface area contributed by atoms with Crippen LogP contribution in [0.5, 0.6) is 0 Å². The van der Waals surface area contributed by atoms with E-state index in [1.54, 1.807) is 10.9 Å². The zero-order chi connectivity index (χ0) is 26.7. The zero-order valence-corrected chi connectivity index (χ0v) is 22.1. The molecule has 3 aromatic rings. The molecule has 4 heterocycles. The highest BCUT2D eigenvalue weighted by molar-refractivity contribution is 5.90. The standard InChI is InChI=1S/C25H36N8O4/c1-6-37-12-11-33-21-20(17(15-34)30-33)28-23(29-22(21)27-19-13-16(2)7-8-26-19)31-9-10-32(24(35)36)18(14-31)25(3,4)5/h7-8,13,18,34H,6,9-12,14-15H2,1-5H3,(H,35,36)(H,26,27,28,29). The highest BCUT2D eigenvalue weighted by atomic mass is 16.5. The van der Waals surface area contributed by atoms with E-state index in [0.29, 0.717) is 73.7 Å². The number of pyridine rings is 1. The van der Waals surface area contributed by atoms with Gasteiger partial charge in [-0.1, -0.05) is 20.8 Å². The number of carbonyl (C=O) groups is 1. The summed E-state index contributed by atoms with van der Waals surface area (Å²) < 4.78 is 7.29. The van der Waals surface area contributed by atoms with Gasteiger partial charge in [-0.25, -0.2) is 14.8 Å². The van der Waals surface area contributed by atoms with Gasteiger partial charge >= 0.3 is 6.09 Å². The Bertz CT molecular complexity index is 1260. The number of amides is 1. The molecule has 1 unspecified atom stereocenters. The lowest BCUT2D eigenvalue weighted by atomic mass is 9.84. The number of nitrogens with zero attached hydrogens (tertiary/aromatic N) is 7. The topological polar surface area (TPSA) is 142 Å². The van der Waals surface area contributed by atoms with Crippen LogP contribution >= 0.6 is 0 Å². The number of anilines is 3. The molecule has 12 nitrogen and oxygen atoms in total. The Kier molecular flexibility index (Phi) is 7.79. The summed E-state index contributed by atoms with van der Waals surface area (Å²) in [4.78, 5) is 29.6. The van der Waals surface area contributed by atoms with Crippen LogP contribution in [0.1, 0.15) is 39.0 Å². The lowest BCUT2D eigenvalue weighted by molar-refractivity contribution is 0.0745. The summed E-state index contributed by atoms with van der Waals surface area (Å²) in [6.45, 7) is 12.4. The van der Waals surface area contributed by atoms with Crippen molar-refractivity contribution in [2.24, 2.45) is 5.41 Å². The van der Waals surface area contributed by atoms with Crippen LogP contribution in [0.15, 0.2) is 18.3 Å². The third kappa shape index (κ3) is 5.75. The molecule has 3 N–H and O–H groups in total. The van der Waals surface area contributed by atoms with E-state index in [9.17, 15) is 15.0 Å². The Hall–Kier alpha value is -3.51. The lowest BCUT2D eigenvalue weighted by Gasteiger charge is -2.45. The van der Waals surface area contributed by atoms with Gasteiger partial charge in [0, 0.05) is 32.4 Å². The van der Waals surface area contributed by atoms with Crippen LogP contribution in [-0.4, -0.2) is 84.8 Å². The molecule has 1 aliphatic rings. The molecule has 0 radical (unpaired) electrons. The maximum atomic E-state index is 11.9. The van der Waals surface area contributed by atoms with Crippen molar-refractivity contribution in [3.8, 4) is 0 Å². The van der Waals surface area contributed by atoms with E-state index in [0.717, 1.165) is 5.56 Å². The van der Waals surface area contributed by atoms with Gasteiger partial charge in [-0.3, -0.25) is 4.68 Å². The number of rotatable bonds is 8. The zero-order valence-electron chi connectivity index (χ0n) is 22.1. The molecule has 12 heteroatoms. The average molecular weight is 513 g/mol. The Morgan fingerprint density at radius 2 is 2.05 bits per heavy atom. The number of hydrogen-bond donors (Lipinski definition) is 3. The molecule has 4 rings (SSSR count). The molecule has 1 atom stereocenters. The van der Waals surface area contributed by atoms with Crippen molar-refractivity contribution < 1.29 is 19.7 Å². The van der Waals surface area contributed by atoms with Crippen LogP contribution in [0.2, 0.25) is 0 Å². The molecule has 200 valence electrons. The van der Waals surface area contributed by atoms with Crippen LogP contribution in [0.4, 0.5) is 22.4 Å². The van der Waals surface area contributed by atoms with E-state index in [2.05, 4.69) is 15.4 Å². The van der Waals surface area contributed by atoms with Gasteiger partial charge in [0.1, 0.15) is 22.5 Å². The first-order valence-electron chi connectivity index (χ1n) is 12.5. The van der Waals surface area contributed by atoms with Gasteiger partial charge in [0.2, 0.25) is 5.95 Å². The average Bonchev–Trinajstić information content (AvgIpc) is 3.21. The van der Waals surface area contributed by atoms with Crippen molar-refractivity contribution >= 4 is 34.7 Å². The minimum atomic E-state index is -0.929. The molecular formula is C25H36N8O4. The molecule has 1 aliphatic heterocycles. The molecule has 1 saturated heterocycles. The number of nitrogens with one attached hydrogen (secondary N) is 1. The molecular weight excluding hydrogens is 476 g/mol. The van der Waals surface area contributed by atoms with Gasteiger partial charge in [0.15, 0.2) is 5.82 Å². The molecule has 0 spiro atoms. The maximum Gasteiger partial charge on any atom is 0.407 e. The number of aliphatic hydroxyl groups excluding tert-OH is 1. The summed E-state index contributed by atoms with van der Waals surface area (Å²) in [5.41, 5.74) is 2.38. The number of aromatic nitrogens is 5. The second kappa shape index (κ2) is 10.9. The van der Waals surface area contributed by atoms with Crippen LogP contribution in [-0.2, 0) is 17.9 Å². The Morgan fingerprint density at radius 1 is 1.27 bits per heavy atom. The first-order chi connectivity index (χ1) is 17.6. The summed E-state index contributed by atoms with van der Waals surface area (Å²) in [6.07, 6.45) is 0.795. The van der Waals surface area contributed by atoms with Gasteiger partial charge in [0.25, 0.3) is 0 Å². The second-order valence-electron chi connectivity index (χ2n) is 10.2. The number of ether oxygens (including phenoxy) is 1. The first-order valence-corrected chi connectivity index (χ1v) is 12.5. The van der Waals surface area contributed by atoms with E-state index < -0.39 is 6.09 Å². The largest absolute Gasteiger partial charge is 0.465 e. The fraction of sp³-hybridized carbons (Fsp3) is 0.560. The van der Waals surface area contributed by atoms with Crippen molar-refractivity contribution in [1.29, 1.82) is 0 Å². The Labute approximate surface area is 216 Å². The van der Waals surface area contributed by atoms with E-state index in [1.165, 1.54) is 4.90 Å². The van der Waals surface area contributed by atoms with Crippen molar-refractivity contribution in [3.05, 3.63) is 29.6 Å². The molecule has 1 fully saturated rings. The Balaban J connectivity index is 1.80. The minimum Gasteiger partial charge on any atom is -0.465 e. The van der Waals surface area contributed by atoms with Gasteiger partial charge in [0.05, 0.1) is 25.8 Å². The van der Waals surface area contributed by atoms with Crippen LogP contribution in [0, 0.1) is 12.3 Å². The Morgan fingerprint density at radius 3 is 2.70 bits per heavy atom. The van der Waals surface area contributed by atoms with Crippen LogP contribution < -0.4 is 10.2 Å². The summed E-state index contributed by atoms with van der Waals surface area (Å²) >= 11 is 0. The van der Waals surface area contributed by atoms with E-state index in [4.69, 9.17) is 14.7 Å². The highest BCUT2D eigenvalue weighted by Crippen LogP contribution is 2.32. The monoisotopic (exact) mass is 512 g/mol. The number of hydrogen-bond acceptors (Lipinski definition) is 9. The van der Waals surface area contributed by atoms with Crippen LogP contribution in [0.25, 0.3) is 11.0 Å². The predicted octanol–water partition coefficient (Wildman–Crippen LogP) is 3.02. The molecule has 1 amide bonds. The number of piperazine rings is 1. The predicted molar refractivity (Wildman–Crippen MR) is 140 cm³/mol. The molecule has 37 heavy (non-hydrogen) atoms. The van der Waals surface area contributed by atoms with Gasteiger partial charge < -0.3 is 30.1 Å². The summed E-state index contributed by atoms with van der Waals surface area (Å²) in [5.74, 6) is 1.58. The van der Waals surface area contributed by atoms with Gasteiger partial charge in [-0.05, 0) is 37.0 Å². The smallest absolute Gasteiger partial charge is 0.407 e. The van der Waals surface area contributed by atoms with Crippen molar-refractivity contribution in [3.63, 3.8) is 0 Å². The van der Waals surface area contributed by atoms with E-state index >= 15 is 0 Å². The highest BCUT2D eigenvalue weighted by Gasteiger charge is 2.39. The van der Waals surface area contributed by atoms with Crippen molar-refractivity contribution in [1.82, 2.24) is 29.6 Å². The van der Waals surface area contributed by atoms with Crippen LogP contribution in [0.3, 0.4) is 0 Å². The van der Waals surface area contributed by atoms with Crippen molar-refractivity contribution in [2.75, 3.05) is 43.1 Å². The fourth-order valence-electron chi connectivity index (χ4n) is 4.58. The van der Waals surface area contributed by atoms with E-state index in [-0.39, 0.29) is 18.1 Å². The maximum absolute atomic E-state index is 11.9. The number of fused-ring (bicyclic) bond motifs is 1. The summed E-state index contributed by atoms with van der Waals surface area (Å²) in [5, 5.41) is 27.8. The van der Waals surface area contributed by atoms with Crippen molar-refractivity contribution in [2.45, 2.75) is 53.8 Å². The minimum absolute atomic E-state index is 0.251.